The lowest BCUT2D eigenvalue weighted by atomic mass is 9.75. The van der Waals surface area contributed by atoms with E-state index in [2.05, 4.69) is 31.2 Å². The van der Waals surface area contributed by atoms with Crippen molar-refractivity contribution in [3.63, 3.8) is 0 Å². The van der Waals surface area contributed by atoms with E-state index in [4.69, 9.17) is 4.74 Å². The third-order valence-electron chi connectivity index (χ3n) is 4.57. The van der Waals surface area contributed by atoms with Gasteiger partial charge in [-0.3, -0.25) is 0 Å². The summed E-state index contributed by atoms with van der Waals surface area (Å²) in [5.41, 5.74) is 1.20. The van der Waals surface area contributed by atoms with Crippen LogP contribution in [0.1, 0.15) is 51.0 Å². The standard InChI is InChI=1S/C17H26O2/c1-2-17(14-18,15-8-4-3-5-9-15)12-6-10-16-11-7-13-19-16/h3-5,8-9,16,18H,2,6-7,10-14H2,1H3. The molecule has 0 spiro atoms. The van der Waals surface area contributed by atoms with E-state index in [9.17, 15) is 5.11 Å². The fourth-order valence-electron chi connectivity index (χ4n) is 3.14. The molecule has 0 aromatic heterocycles. The van der Waals surface area contributed by atoms with Crippen LogP contribution < -0.4 is 0 Å². The molecule has 0 amide bonds. The largest absolute Gasteiger partial charge is 0.395 e. The Labute approximate surface area is 116 Å². The highest BCUT2D eigenvalue weighted by molar-refractivity contribution is 5.25. The van der Waals surface area contributed by atoms with Crippen molar-refractivity contribution in [1.82, 2.24) is 0 Å². The molecule has 0 bridgehead atoms. The van der Waals surface area contributed by atoms with Crippen molar-refractivity contribution in [3.8, 4) is 0 Å². The Morgan fingerprint density at radius 2 is 2.11 bits per heavy atom. The monoisotopic (exact) mass is 262 g/mol. The van der Waals surface area contributed by atoms with Gasteiger partial charge in [-0.1, -0.05) is 37.3 Å². The smallest absolute Gasteiger partial charge is 0.0576 e. The Morgan fingerprint density at radius 1 is 1.32 bits per heavy atom. The molecule has 0 radical (unpaired) electrons. The first-order chi connectivity index (χ1) is 9.30. The molecule has 2 nitrogen and oxygen atoms in total. The second kappa shape index (κ2) is 7.06. The summed E-state index contributed by atoms with van der Waals surface area (Å²) in [5, 5.41) is 9.89. The van der Waals surface area contributed by atoms with E-state index in [1.807, 2.05) is 6.07 Å². The number of ether oxygens (including phenoxy) is 1. The molecule has 19 heavy (non-hydrogen) atoms. The van der Waals surface area contributed by atoms with Gasteiger partial charge in [-0.15, -0.1) is 0 Å². The fraction of sp³-hybridized carbons (Fsp3) is 0.647. The summed E-state index contributed by atoms with van der Waals surface area (Å²) in [6.07, 6.45) is 7.18. The van der Waals surface area contributed by atoms with Crippen LogP contribution in [0.2, 0.25) is 0 Å². The van der Waals surface area contributed by atoms with E-state index < -0.39 is 0 Å². The predicted molar refractivity (Wildman–Crippen MR) is 78.3 cm³/mol. The summed E-state index contributed by atoms with van der Waals surface area (Å²) in [7, 11) is 0. The fourth-order valence-corrected chi connectivity index (χ4v) is 3.14. The Morgan fingerprint density at radius 3 is 2.68 bits per heavy atom. The molecule has 1 aromatic carbocycles. The minimum Gasteiger partial charge on any atom is -0.395 e. The number of hydrogen-bond acceptors (Lipinski definition) is 2. The van der Waals surface area contributed by atoms with E-state index in [1.54, 1.807) is 0 Å². The first kappa shape index (κ1) is 14.5. The molecular formula is C17H26O2. The van der Waals surface area contributed by atoms with Gasteiger partial charge in [-0.2, -0.15) is 0 Å². The average molecular weight is 262 g/mol. The topological polar surface area (TPSA) is 29.5 Å². The van der Waals surface area contributed by atoms with E-state index in [0.29, 0.717) is 6.10 Å². The summed E-state index contributed by atoms with van der Waals surface area (Å²) >= 11 is 0. The van der Waals surface area contributed by atoms with Crippen molar-refractivity contribution in [3.05, 3.63) is 35.9 Å². The zero-order chi connectivity index (χ0) is 13.6. The van der Waals surface area contributed by atoms with Crippen LogP contribution >= 0.6 is 0 Å². The van der Waals surface area contributed by atoms with Gasteiger partial charge in [0, 0.05) is 12.0 Å². The second-order valence-corrected chi connectivity index (χ2v) is 5.69. The summed E-state index contributed by atoms with van der Waals surface area (Å²) in [6, 6.07) is 10.5. The van der Waals surface area contributed by atoms with Gasteiger partial charge in [0.25, 0.3) is 0 Å². The zero-order valence-corrected chi connectivity index (χ0v) is 12.0. The Bertz CT molecular complexity index is 351. The molecule has 1 aliphatic heterocycles. The van der Waals surface area contributed by atoms with Gasteiger partial charge in [-0.05, 0) is 44.1 Å². The van der Waals surface area contributed by atoms with E-state index in [1.165, 1.54) is 18.4 Å². The van der Waals surface area contributed by atoms with Crippen molar-refractivity contribution in [2.75, 3.05) is 13.2 Å². The summed E-state index contributed by atoms with van der Waals surface area (Å²) in [6.45, 7) is 3.34. The third kappa shape index (κ3) is 3.58. The quantitative estimate of drug-likeness (QED) is 0.812. The molecule has 1 N–H and O–H groups in total. The number of aliphatic hydroxyl groups is 1. The average Bonchev–Trinajstić information content (AvgIpc) is 2.98. The molecule has 0 aliphatic carbocycles. The molecule has 1 heterocycles. The van der Waals surface area contributed by atoms with Gasteiger partial charge in [0.1, 0.15) is 0 Å². The zero-order valence-electron chi connectivity index (χ0n) is 12.0. The van der Waals surface area contributed by atoms with Crippen LogP contribution in [0.25, 0.3) is 0 Å². The van der Waals surface area contributed by atoms with E-state index >= 15 is 0 Å². The molecule has 1 fully saturated rings. The lowest BCUT2D eigenvalue weighted by molar-refractivity contribution is 0.0964. The SMILES string of the molecule is CCC(CO)(CCCC1CCCO1)c1ccccc1. The highest BCUT2D eigenvalue weighted by atomic mass is 16.5. The highest BCUT2D eigenvalue weighted by Gasteiger charge is 2.29. The van der Waals surface area contributed by atoms with Crippen LogP contribution in [0.3, 0.4) is 0 Å². The number of benzene rings is 1. The number of rotatable bonds is 7. The first-order valence-corrected chi connectivity index (χ1v) is 7.59. The van der Waals surface area contributed by atoms with Gasteiger partial charge in [-0.25, -0.2) is 0 Å². The maximum atomic E-state index is 9.89. The number of aliphatic hydroxyl groups excluding tert-OH is 1. The minimum absolute atomic E-state index is 0.0696. The number of hydrogen-bond donors (Lipinski definition) is 1. The summed E-state index contributed by atoms with van der Waals surface area (Å²) in [5.74, 6) is 0. The van der Waals surface area contributed by atoms with Crippen molar-refractivity contribution in [2.24, 2.45) is 0 Å². The maximum Gasteiger partial charge on any atom is 0.0576 e. The van der Waals surface area contributed by atoms with Gasteiger partial charge in [0.05, 0.1) is 12.7 Å². The lowest BCUT2D eigenvalue weighted by Gasteiger charge is -2.32. The Hall–Kier alpha value is -0.860. The predicted octanol–water partition coefficient (Wildman–Crippen LogP) is 3.68. The Balaban J connectivity index is 1.95. The molecule has 106 valence electrons. The highest BCUT2D eigenvalue weighted by Crippen LogP contribution is 2.33. The van der Waals surface area contributed by atoms with Gasteiger partial charge >= 0.3 is 0 Å². The van der Waals surface area contributed by atoms with Crippen LogP contribution in [-0.2, 0) is 10.2 Å². The van der Waals surface area contributed by atoms with E-state index in [0.717, 1.165) is 32.3 Å². The Kier molecular flexibility index (Phi) is 5.41. The molecule has 1 saturated heterocycles. The maximum absolute atomic E-state index is 9.89. The first-order valence-electron chi connectivity index (χ1n) is 7.59. The molecule has 2 unspecified atom stereocenters. The molecule has 0 saturated carbocycles. The molecule has 2 atom stereocenters. The van der Waals surface area contributed by atoms with Gasteiger partial charge < -0.3 is 9.84 Å². The van der Waals surface area contributed by atoms with Crippen LogP contribution in [0.15, 0.2) is 30.3 Å². The summed E-state index contributed by atoms with van der Waals surface area (Å²) in [4.78, 5) is 0. The molecule has 2 rings (SSSR count). The van der Waals surface area contributed by atoms with Crippen molar-refractivity contribution >= 4 is 0 Å². The van der Waals surface area contributed by atoms with Gasteiger partial charge in [0.2, 0.25) is 0 Å². The molecule has 1 aliphatic rings. The molecule has 2 heteroatoms. The van der Waals surface area contributed by atoms with Crippen LogP contribution in [0.5, 0.6) is 0 Å². The van der Waals surface area contributed by atoms with Crippen LogP contribution in [0, 0.1) is 0 Å². The third-order valence-corrected chi connectivity index (χ3v) is 4.57. The normalized spacial score (nSPS) is 22.3. The van der Waals surface area contributed by atoms with Crippen molar-refractivity contribution in [2.45, 2.75) is 57.0 Å². The van der Waals surface area contributed by atoms with Gasteiger partial charge in [0.15, 0.2) is 0 Å². The lowest BCUT2D eigenvalue weighted by Crippen LogP contribution is -2.30. The van der Waals surface area contributed by atoms with Crippen molar-refractivity contribution in [1.29, 1.82) is 0 Å². The minimum atomic E-state index is -0.0696. The van der Waals surface area contributed by atoms with Crippen LogP contribution in [0.4, 0.5) is 0 Å². The molecular weight excluding hydrogens is 236 g/mol. The summed E-state index contributed by atoms with van der Waals surface area (Å²) < 4.78 is 5.68. The van der Waals surface area contributed by atoms with E-state index in [-0.39, 0.29) is 12.0 Å². The molecule has 1 aromatic rings. The van der Waals surface area contributed by atoms with Crippen molar-refractivity contribution < 1.29 is 9.84 Å². The van der Waals surface area contributed by atoms with Crippen LogP contribution in [-0.4, -0.2) is 24.4 Å². The second-order valence-electron chi connectivity index (χ2n) is 5.69.